The summed E-state index contributed by atoms with van der Waals surface area (Å²) in [6.07, 6.45) is 2.44. The predicted octanol–water partition coefficient (Wildman–Crippen LogP) is 2.80. The predicted molar refractivity (Wildman–Crippen MR) is 53.9 cm³/mol. The molecule has 1 unspecified atom stereocenters. The second-order valence-corrected chi connectivity index (χ2v) is 4.14. The molecule has 0 aliphatic heterocycles. The SMILES string of the molecule is CC(CO)c1cc(C2CC2)ccc1F. The van der Waals surface area contributed by atoms with Gasteiger partial charge in [0.1, 0.15) is 5.82 Å². The van der Waals surface area contributed by atoms with Crippen molar-refractivity contribution in [1.82, 2.24) is 0 Å². The zero-order valence-corrected chi connectivity index (χ0v) is 8.33. The van der Waals surface area contributed by atoms with E-state index in [9.17, 15) is 4.39 Å². The fourth-order valence-corrected chi connectivity index (χ4v) is 1.71. The van der Waals surface area contributed by atoms with Gasteiger partial charge in [0.05, 0.1) is 0 Å². The van der Waals surface area contributed by atoms with Gasteiger partial charge in [-0.1, -0.05) is 19.1 Å². The monoisotopic (exact) mass is 194 g/mol. The van der Waals surface area contributed by atoms with Crippen molar-refractivity contribution in [3.8, 4) is 0 Å². The van der Waals surface area contributed by atoms with Crippen molar-refractivity contribution in [2.45, 2.75) is 31.6 Å². The van der Waals surface area contributed by atoms with E-state index in [1.54, 1.807) is 0 Å². The number of rotatable bonds is 3. The van der Waals surface area contributed by atoms with Crippen LogP contribution < -0.4 is 0 Å². The molecule has 1 aliphatic carbocycles. The zero-order chi connectivity index (χ0) is 10.1. The summed E-state index contributed by atoms with van der Waals surface area (Å²) in [7, 11) is 0. The van der Waals surface area contributed by atoms with Crippen LogP contribution in [0.4, 0.5) is 4.39 Å². The van der Waals surface area contributed by atoms with Crippen molar-refractivity contribution in [2.24, 2.45) is 0 Å². The lowest BCUT2D eigenvalue weighted by molar-refractivity contribution is 0.270. The van der Waals surface area contributed by atoms with Crippen LogP contribution in [0.25, 0.3) is 0 Å². The largest absolute Gasteiger partial charge is 0.396 e. The van der Waals surface area contributed by atoms with Gasteiger partial charge in [0.25, 0.3) is 0 Å². The molecule has 14 heavy (non-hydrogen) atoms. The van der Waals surface area contributed by atoms with Crippen molar-refractivity contribution in [1.29, 1.82) is 0 Å². The van der Waals surface area contributed by atoms with Crippen LogP contribution in [0.5, 0.6) is 0 Å². The molecule has 2 rings (SSSR count). The molecule has 0 radical (unpaired) electrons. The van der Waals surface area contributed by atoms with Gasteiger partial charge in [0, 0.05) is 12.5 Å². The molecule has 1 N–H and O–H groups in total. The van der Waals surface area contributed by atoms with Gasteiger partial charge in [0.15, 0.2) is 0 Å². The van der Waals surface area contributed by atoms with E-state index < -0.39 is 0 Å². The van der Waals surface area contributed by atoms with E-state index in [0.29, 0.717) is 11.5 Å². The summed E-state index contributed by atoms with van der Waals surface area (Å²) >= 11 is 0. The van der Waals surface area contributed by atoms with Crippen LogP contribution in [0.3, 0.4) is 0 Å². The molecule has 0 saturated heterocycles. The average molecular weight is 194 g/mol. The molecule has 0 aromatic heterocycles. The Kier molecular flexibility index (Phi) is 2.55. The maximum atomic E-state index is 13.4. The third-order valence-corrected chi connectivity index (χ3v) is 2.87. The van der Waals surface area contributed by atoms with Crippen LogP contribution >= 0.6 is 0 Å². The fourth-order valence-electron chi connectivity index (χ4n) is 1.71. The second-order valence-electron chi connectivity index (χ2n) is 4.14. The molecule has 1 aromatic carbocycles. The van der Waals surface area contributed by atoms with Crippen LogP contribution in [-0.2, 0) is 0 Å². The Hall–Kier alpha value is -0.890. The first-order valence-electron chi connectivity index (χ1n) is 5.12. The molecule has 1 saturated carbocycles. The standard InChI is InChI=1S/C12H15FO/c1-8(7-14)11-6-10(9-2-3-9)4-5-12(11)13/h4-6,8-9,14H,2-3,7H2,1H3. The summed E-state index contributed by atoms with van der Waals surface area (Å²) in [4.78, 5) is 0. The smallest absolute Gasteiger partial charge is 0.126 e. The lowest BCUT2D eigenvalue weighted by Crippen LogP contribution is -2.02. The Morgan fingerprint density at radius 3 is 2.79 bits per heavy atom. The Balaban J connectivity index is 2.31. The van der Waals surface area contributed by atoms with Crippen molar-refractivity contribution in [2.75, 3.05) is 6.61 Å². The number of benzene rings is 1. The summed E-state index contributed by atoms with van der Waals surface area (Å²) in [6.45, 7) is 1.85. The molecule has 0 bridgehead atoms. The molecule has 1 aromatic rings. The Morgan fingerprint density at radius 2 is 2.21 bits per heavy atom. The molecule has 0 amide bonds. The maximum Gasteiger partial charge on any atom is 0.126 e. The first-order chi connectivity index (χ1) is 6.72. The topological polar surface area (TPSA) is 20.2 Å². The van der Waals surface area contributed by atoms with Crippen molar-refractivity contribution in [3.63, 3.8) is 0 Å². The van der Waals surface area contributed by atoms with E-state index in [1.807, 2.05) is 19.1 Å². The first-order valence-corrected chi connectivity index (χ1v) is 5.12. The summed E-state index contributed by atoms with van der Waals surface area (Å²) < 4.78 is 13.4. The van der Waals surface area contributed by atoms with E-state index in [-0.39, 0.29) is 18.3 Å². The maximum absolute atomic E-state index is 13.4. The summed E-state index contributed by atoms with van der Waals surface area (Å²) in [5.41, 5.74) is 1.87. The van der Waals surface area contributed by atoms with Crippen LogP contribution in [-0.4, -0.2) is 11.7 Å². The fraction of sp³-hybridized carbons (Fsp3) is 0.500. The minimum Gasteiger partial charge on any atom is -0.396 e. The quantitative estimate of drug-likeness (QED) is 0.784. The van der Waals surface area contributed by atoms with Gasteiger partial charge in [0.2, 0.25) is 0 Å². The van der Waals surface area contributed by atoms with Crippen LogP contribution in [0.2, 0.25) is 0 Å². The van der Waals surface area contributed by atoms with Gasteiger partial charge < -0.3 is 5.11 Å². The first kappa shape index (κ1) is 9.66. The molecule has 1 fully saturated rings. The van der Waals surface area contributed by atoms with E-state index in [0.717, 1.165) is 0 Å². The molecule has 76 valence electrons. The van der Waals surface area contributed by atoms with Crippen LogP contribution in [0.1, 0.15) is 42.7 Å². The van der Waals surface area contributed by atoms with Crippen molar-refractivity contribution in [3.05, 3.63) is 35.1 Å². The zero-order valence-electron chi connectivity index (χ0n) is 8.33. The van der Waals surface area contributed by atoms with Crippen molar-refractivity contribution >= 4 is 0 Å². The highest BCUT2D eigenvalue weighted by atomic mass is 19.1. The van der Waals surface area contributed by atoms with Crippen LogP contribution in [0.15, 0.2) is 18.2 Å². The number of hydrogen-bond acceptors (Lipinski definition) is 1. The van der Waals surface area contributed by atoms with Gasteiger partial charge in [-0.05, 0) is 36.0 Å². The molecule has 1 aliphatic rings. The lowest BCUT2D eigenvalue weighted by Gasteiger charge is -2.11. The molecular formula is C12H15FO. The highest BCUT2D eigenvalue weighted by Crippen LogP contribution is 2.41. The Morgan fingerprint density at radius 1 is 1.50 bits per heavy atom. The minimum absolute atomic E-state index is 0.00500. The van der Waals surface area contributed by atoms with Crippen molar-refractivity contribution < 1.29 is 9.50 Å². The molecule has 2 heteroatoms. The molecule has 1 atom stereocenters. The second kappa shape index (κ2) is 3.70. The summed E-state index contributed by atoms with van der Waals surface area (Å²) in [5, 5.41) is 8.99. The highest BCUT2D eigenvalue weighted by Gasteiger charge is 2.24. The van der Waals surface area contributed by atoms with E-state index in [4.69, 9.17) is 5.11 Å². The lowest BCUT2D eigenvalue weighted by atomic mass is 9.97. The van der Waals surface area contributed by atoms with Gasteiger partial charge in [-0.3, -0.25) is 0 Å². The van der Waals surface area contributed by atoms with E-state index >= 15 is 0 Å². The third-order valence-electron chi connectivity index (χ3n) is 2.87. The summed E-state index contributed by atoms with van der Waals surface area (Å²) in [5.74, 6) is 0.338. The van der Waals surface area contributed by atoms with Gasteiger partial charge in [-0.15, -0.1) is 0 Å². The minimum atomic E-state index is -0.198. The van der Waals surface area contributed by atoms with Gasteiger partial charge >= 0.3 is 0 Å². The number of hydrogen-bond donors (Lipinski definition) is 1. The molecule has 0 spiro atoms. The Bertz CT molecular complexity index is 331. The molecular weight excluding hydrogens is 179 g/mol. The third kappa shape index (κ3) is 1.80. The summed E-state index contributed by atoms with van der Waals surface area (Å²) in [6, 6.07) is 5.30. The normalized spacial score (nSPS) is 18.2. The molecule has 1 nitrogen and oxygen atoms in total. The van der Waals surface area contributed by atoms with E-state index in [1.165, 1.54) is 24.5 Å². The van der Waals surface area contributed by atoms with Crippen LogP contribution in [0, 0.1) is 5.82 Å². The molecule has 0 heterocycles. The Labute approximate surface area is 83.6 Å². The number of aliphatic hydroxyl groups is 1. The number of halogens is 1. The highest BCUT2D eigenvalue weighted by molar-refractivity contribution is 5.32. The average Bonchev–Trinajstić information content (AvgIpc) is 3.01. The van der Waals surface area contributed by atoms with Gasteiger partial charge in [-0.2, -0.15) is 0 Å². The van der Waals surface area contributed by atoms with Gasteiger partial charge in [-0.25, -0.2) is 4.39 Å². The van der Waals surface area contributed by atoms with E-state index in [2.05, 4.69) is 0 Å². The number of aliphatic hydroxyl groups excluding tert-OH is 1.